The topological polar surface area (TPSA) is 51.2 Å². The van der Waals surface area contributed by atoms with Gasteiger partial charge in [-0.1, -0.05) is 48.5 Å². The average molecular weight is 443 g/mol. The summed E-state index contributed by atoms with van der Waals surface area (Å²) >= 11 is 1.42. The minimum absolute atomic E-state index is 0.129. The summed E-state index contributed by atoms with van der Waals surface area (Å²) < 4.78 is 5.70. The second-order valence-electron chi connectivity index (χ2n) is 7.83. The number of aromatic nitrogens is 1. The number of hydrogen-bond acceptors (Lipinski definition) is 4. The van der Waals surface area contributed by atoms with Crippen LogP contribution in [-0.2, 0) is 12.8 Å². The van der Waals surface area contributed by atoms with Crippen molar-refractivity contribution in [3.8, 4) is 17.0 Å². The summed E-state index contributed by atoms with van der Waals surface area (Å²) in [7, 11) is 0. The fourth-order valence-corrected chi connectivity index (χ4v) is 4.20. The molecule has 1 N–H and O–H groups in total. The Hall–Kier alpha value is -3.44. The molecule has 1 amide bonds. The van der Waals surface area contributed by atoms with Gasteiger partial charge in [0.15, 0.2) is 5.13 Å². The maximum Gasteiger partial charge on any atom is 0.257 e. The van der Waals surface area contributed by atoms with Crippen LogP contribution in [0.1, 0.15) is 35.3 Å². The molecule has 0 unspecified atom stereocenters. The molecule has 1 aromatic heterocycles. The molecule has 0 aliphatic carbocycles. The Bertz CT molecular complexity index is 1170. The number of amides is 1. The third-order valence-electron chi connectivity index (χ3n) is 5.03. The summed E-state index contributed by atoms with van der Waals surface area (Å²) in [6, 6.07) is 25.9. The SMILES string of the molecule is CC(C)Oc1ccc(-c2csc(NC(=O)c3ccccc3CCc3ccccc3)n2)cc1. The first-order chi connectivity index (χ1) is 15.6. The quantitative estimate of drug-likeness (QED) is 0.333. The number of thiazole rings is 1. The molecule has 0 saturated heterocycles. The van der Waals surface area contributed by atoms with E-state index in [9.17, 15) is 4.79 Å². The molecule has 0 aliphatic rings. The number of carbonyl (C=O) groups excluding carboxylic acids is 1. The first kappa shape index (κ1) is 21.8. The average Bonchev–Trinajstić information content (AvgIpc) is 3.27. The number of anilines is 1. The lowest BCUT2D eigenvalue weighted by molar-refractivity contribution is 0.102. The Balaban J connectivity index is 1.43. The lowest BCUT2D eigenvalue weighted by Gasteiger charge is -2.09. The maximum atomic E-state index is 13.0. The third kappa shape index (κ3) is 5.62. The van der Waals surface area contributed by atoms with Crippen molar-refractivity contribution < 1.29 is 9.53 Å². The highest BCUT2D eigenvalue weighted by atomic mass is 32.1. The number of ether oxygens (including phenoxy) is 1. The molecule has 0 spiro atoms. The molecule has 0 radical (unpaired) electrons. The fourth-order valence-electron chi connectivity index (χ4n) is 3.49. The van der Waals surface area contributed by atoms with E-state index in [1.165, 1.54) is 16.9 Å². The van der Waals surface area contributed by atoms with Crippen molar-refractivity contribution in [1.29, 1.82) is 0 Å². The van der Waals surface area contributed by atoms with Crippen LogP contribution in [0.3, 0.4) is 0 Å². The van der Waals surface area contributed by atoms with Gasteiger partial charge in [-0.3, -0.25) is 10.1 Å². The van der Waals surface area contributed by atoms with Gasteiger partial charge in [-0.2, -0.15) is 0 Å². The molecule has 162 valence electrons. The van der Waals surface area contributed by atoms with Crippen molar-refractivity contribution in [3.63, 3.8) is 0 Å². The number of rotatable bonds is 8. The summed E-state index contributed by atoms with van der Waals surface area (Å²) in [5.74, 6) is 0.704. The normalized spacial score (nSPS) is 10.8. The van der Waals surface area contributed by atoms with E-state index < -0.39 is 0 Å². The zero-order valence-electron chi connectivity index (χ0n) is 18.2. The van der Waals surface area contributed by atoms with Gasteiger partial charge >= 0.3 is 0 Å². The van der Waals surface area contributed by atoms with E-state index in [0.717, 1.165) is 35.4 Å². The van der Waals surface area contributed by atoms with E-state index in [1.54, 1.807) is 0 Å². The summed E-state index contributed by atoms with van der Waals surface area (Å²) in [6.45, 7) is 4.01. The predicted molar refractivity (Wildman–Crippen MR) is 132 cm³/mol. The number of aryl methyl sites for hydroxylation is 2. The van der Waals surface area contributed by atoms with Crippen LogP contribution in [0.15, 0.2) is 84.2 Å². The van der Waals surface area contributed by atoms with Crippen LogP contribution in [0, 0.1) is 0 Å². The number of benzene rings is 3. The third-order valence-corrected chi connectivity index (χ3v) is 5.79. The lowest BCUT2D eigenvalue weighted by atomic mass is 9.99. The van der Waals surface area contributed by atoms with Crippen LogP contribution < -0.4 is 10.1 Å². The highest BCUT2D eigenvalue weighted by Gasteiger charge is 2.14. The zero-order chi connectivity index (χ0) is 22.3. The highest BCUT2D eigenvalue weighted by Crippen LogP contribution is 2.27. The van der Waals surface area contributed by atoms with Crippen molar-refractivity contribution in [2.24, 2.45) is 0 Å². The largest absolute Gasteiger partial charge is 0.491 e. The van der Waals surface area contributed by atoms with Gasteiger partial charge in [0.1, 0.15) is 5.75 Å². The Morgan fingerprint density at radius 2 is 1.66 bits per heavy atom. The number of nitrogens with one attached hydrogen (secondary N) is 1. The smallest absolute Gasteiger partial charge is 0.257 e. The second kappa shape index (κ2) is 10.2. The molecule has 1 heterocycles. The van der Waals surface area contributed by atoms with Gasteiger partial charge < -0.3 is 4.74 Å². The minimum Gasteiger partial charge on any atom is -0.491 e. The maximum absolute atomic E-state index is 13.0. The summed E-state index contributed by atoms with van der Waals surface area (Å²) in [6.07, 6.45) is 1.84. The van der Waals surface area contributed by atoms with Crippen LogP contribution >= 0.6 is 11.3 Å². The molecule has 32 heavy (non-hydrogen) atoms. The number of hydrogen-bond donors (Lipinski definition) is 1. The van der Waals surface area contributed by atoms with Crippen molar-refractivity contribution in [3.05, 3.63) is 101 Å². The molecule has 0 fully saturated rings. The van der Waals surface area contributed by atoms with Crippen LogP contribution in [0.25, 0.3) is 11.3 Å². The van der Waals surface area contributed by atoms with Crippen LogP contribution in [0.2, 0.25) is 0 Å². The Morgan fingerprint density at radius 3 is 2.41 bits per heavy atom. The molecule has 0 atom stereocenters. The number of carbonyl (C=O) groups is 1. The molecule has 0 bridgehead atoms. The summed E-state index contributed by atoms with van der Waals surface area (Å²) in [4.78, 5) is 17.6. The second-order valence-corrected chi connectivity index (χ2v) is 8.68. The first-order valence-corrected chi connectivity index (χ1v) is 11.6. The van der Waals surface area contributed by atoms with Gasteiger partial charge in [-0.15, -0.1) is 11.3 Å². The highest BCUT2D eigenvalue weighted by molar-refractivity contribution is 7.14. The first-order valence-electron chi connectivity index (χ1n) is 10.7. The number of nitrogens with zero attached hydrogens (tertiary/aromatic N) is 1. The molecule has 4 aromatic rings. The predicted octanol–water partition coefficient (Wildman–Crippen LogP) is 6.63. The van der Waals surface area contributed by atoms with Crippen molar-refractivity contribution >= 4 is 22.4 Å². The Labute approximate surface area is 192 Å². The van der Waals surface area contributed by atoms with Crippen LogP contribution in [0.4, 0.5) is 5.13 Å². The molecule has 3 aromatic carbocycles. The van der Waals surface area contributed by atoms with E-state index in [4.69, 9.17) is 4.74 Å². The molecule has 0 saturated carbocycles. The Kier molecular flexibility index (Phi) is 6.97. The van der Waals surface area contributed by atoms with Gasteiger partial charge in [0.05, 0.1) is 11.8 Å². The summed E-state index contributed by atoms with van der Waals surface area (Å²) in [5, 5.41) is 5.51. The minimum atomic E-state index is -0.129. The van der Waals surface area contributed by atoms with Gasteiger partial charge in [0.2, 0.25) is 0 Å². The van der Waals surface area contributed by atoms with E-state index in [-0.39, 0.29) is 12.0 Å². The van der Waals surface area contributed by atoms with E-state index in [2.05, 4.69) is 22.4 Å². The molecule has 4 nitrogen and oxygen atoms in total. The Morgan fingerprint density at radius 1 is 0.938 bits per heavy atom. The zero-order valence-corrected chi connectivity index (χ0v) is 19.1. The molecular weight excluding hydrogens is 416 g/mol. The molecule has 4 rings (SSSR count). The van der Waals surface area contributed by atoms with Gasteiger partial charge in [0, 0.05) is 16.5 Å². The van der Waals surface area contributed by atoms with Crippen molar-refractivity contribution in [2.75, 3.05) is 5.32 Å². The molecular formula is C27H26N2O2S. The van der Waals surface area contributed by atoms with E-state index in [0.29, 0.717) is 10.7 Å². The lowest BCUT2D eigenvalue weighted by Crippen LogP contribution is -2.14. The van der Waals surface area contributed by atoms with Crippen molar-refractivity contribution in [2.45, 2.75) is 32.8 Å². The summed E-state index contributed by atoms with van der Waals surface area (Å²) in [5.41, 5.74) is 4.80. The molecule has 5 heteroatoms. The monoisotopic (exact) mass is 442 g/mol. The van der Waals surface area contributed by atoms with Gasteiger partial charge in [0.25, 0.3) is 5.91 Å². The van der Waals surface area contributed by atoms with E-state index in [1.807, 2.05) is 86.0 Å². The van der Waals surface area contributed by atoms with Crippen molar-refractivity contribution in [1.82, 2.24) is 4.98 Å². The van der Waals surface area contributed by atoms with Crippen LogP contribution in [-0.4, -0.2) is 17.0 Å². The van der Waals surface area contributed by atoms with E-state index >= 15 is 0 Å². The standard InChI is InChI=1S/C27H26N2O2S/c1-19(2)31-23-16-14-22(15-17-23)25-18-32-27(28-25)29-26(30)24-11-7-6-10-21(24)13-12-20-8-4-3-5-9-20/h3-11,14-19H,12-13H2,1-2H3,(H,28,29,30). The van der Waals surface area contributed by atoms with Gasteiger partial charge in [-0.05, 0) is 68.1 Å². The van der Waals surface area contributed by atoms with Gasteiger partial charge in [-0.25, -0.2) is 4.98 Å². The van der Waals surface area contributed by atoms with Crippen LogP contribution in [0.5, 0.6) is 5.75 Å². The molecule has 0 aliphatic heterocycles. The fraction of sp³-hybridized carbons (Fsp3) is 0.185.